The molecular formula is C29H22F2N2O2S. The molecule has 0 saturated carbocycles. The van der Waals surface area contributed by atoms with E-state index in [4.69, 9.17) is 0 Å². The second kappa shape index (κ2) is 10.3. The molecule has 1 aliphatic heterocycles. The van der Waals surface area contributed by atoms with Crippen molar-refractivity contribution >= 4 is 35.0 Å². The minimum Gasteiger partial charge on any atom is -0.325 e. The van der Waals surface area contributed by atoms with Crippen LogP contribution in [0.5, 0.6) is 0 Å². The van der Waals surface area contributed by atoms with E-state index in [0.29, 0.717) is 5.69 Å². The molecule has 0 aliphatic carbocycles. The summed E-state index contributed by atoms with van der Waals surface area (Å²) in [6, 6.07) is 29.5. The Hall–Kier alpha value is -3.97. The average Bonchev–Trinajstić information content (AvgIpc) is 3.27. The van der Waals surface area contributed by atoms with Crippen molar-refractivity contribution in [3.05, 3.63) is 131 Å². The van der Waals surface area contributed by atoms with Crippen LogP contribution in [0.3, 0.4) is 0 Å². The molecule has 36 heavy (non-hydrogen) atoms. The van der Waals surface area contributed by atoms with E-state index in [1.54, 1.807) is 24.3 Å². The van der Waals surface area contributed by atoms with Crippen LogP contribution in [-0.2, 0) is 9.59 Å². The summed E-state index contributed by atoms with van der Waals surface area (Å²) >= 11 is 1.37. The maximum atomic E-state index is 14.4. The van der Waals surface area contributed by atoms with Gasteiger partial charge in [-0.25, -0.2) is 8.78 Å². The van der Waals surface area contributed by atoms with Crippen molar-refractivity contribution in [2.45, 2.75) is 11.3 Å². The smallest absolute Gasteiger partial charge is 0.238 e. The molecule has 0 aromatic heterocycles. The molecule has 2 amide bonds. The van der Waals surface area contributed by atoms with Gasteiger partial charge in [-0.3, -0.25) is 14.5 Å². The van der Waals surface area contributed by atoms with Crippen molar-refractivity contribution in [3.8, 4) is 0 Å². The Kier molecular flexibility index (Phi) is 6.82. The summed E-state index contributed by atoms with van der Waals surface area (Å²) in [5, 5.41) is 2.54. The zero-order valence-electron chi connectivity index (χ0n) is 19.1. The average molecular weight is 501 g/mol. The zero-order valence-corrected chi connectivity index (χ0v) is 19.9. The third-order valence-electron chi connectivity index (χ3n) is 6.03. The fraction of sp³-hybridized carbons (Fsp3) is 0.103. The molecule has 0 radical (unpaired) electrons. The Bertz CT molecular complexity index is 1340. The number of nitrogens with zero attached hydrogens (tertiary/aromatic N) is 1. The first kappa shape index (κ1) is 23.8. The lowest BCUT2D eigenvalue weighted by atomic mass is 9.90. The molecule has 1 N–H and O–H groups in total. The Balaban J connectivity index is 1.37. The van der Waals surface area contributed by atoms with Gasteiger partial charge in [0.1, 0.15) is 17.0 Å². The second-order valence-corrected chi connectivity index (χ2v) is 9.46. The largest absolute Gasteiger partial charge is 0.325 e. The van der Waals surface area contributed by atoms with Gasteiger partial charge in [-0.15, -0.1) is 11.8 Å². The molecular weight excluding hydrogens is 478 g/mol. The summed E-state index contributed by atoms with van der Waals surface area (Å²) in [7, 11) is 0. The monoisotopic (exact) mass is 500 g/mol. The number of carbonyl (C=O) groups is 2. The molecule has 4 aromatic carbocycles. The Morgan fingerprint density at radius 3 is 2.06 bits per heavy atom. The predicted molar refractivity (Wildman–Crippen MR) is 139 cm³/mol. The molecule has 7 heteroatoms. The van der Waals surface area contributed by atoms with Crippen molar-refractivity contribution in [2.75, 3.05) is 16.0 Å². The molecule has 1 atom stereocenters. The number of rotatable bonds is 6. The van der Waals surface area contributed by atoms with Crippen molar-refractivity contribution in [1.82, 2.24) is 0 Å². The van der Waals surface area contributed by atoms with Gasteiger partial charge < -0.3 is 5.32 Å². The van der Waals surface area contributed by atoms with Crippen LogP contribution in [0.4, 0.5) is 20.2 Å². The van der Waals surface area contributed by atoms with Crippen molar-refractivity contribution in [1.29, 1.82) is 0 Å². The molecule has 1 saturated heterocycles. The van der Waals surface area contributed by atoms with Gasteiger partial charge in [-0.05, 0) is 41.0 Å². The SMILES string of the molecule is O=C(Nc1ccc(C2SCC(=O)N2c2ccc(F)cc2F)cc1)C(c1ccccc1)c1ccccc1. The van der Waals surface area contributed by atoms with E-state index < -0.39 is 22.9 Å². The minimum absolute atomic E-state index is 0.0438. The van der Waals surface area contributed by atoms with Crippen LogP contribution in [-0.4, -0.2) is 17.6 Å². The van der Waals surface area contributed by atoms with E-state index >= 15 is 0 Å². The molecule has 1 heterocycles. The maximum absolute atomic E-state index is 14.4. The molecule has 5 rings (SSSR count). The number of anilines is 2. The number of hydrogen-bond acceptors (Lipinski definition) is 3. The number of thioether (sulfide) groups is 1. The summed E-state index contributed by atoms with van der Waals surface area (Å²) < 4.78 is 27.8. The number of halogens is 2. The van der Waals surface area contributed by atoms with Gasteiger partial charge in [0.05, 0.1) is 17.4 Å². The fourth-order valence-corrected chi connectivity index (χ4v) is 5.51. The summed E-state index contributed by atoms with van der Waals surface area (Å²) in [4.78, 5) is 27.3. The normalized spacial score (nSPS) is 15.4. The standard InChI is InChI=1S/C29H22F2N2O2S/c30-22-13-16-25(24(31)17-22)33-26(34)18-36-29(33)21-11-14-23(15-12-21)32-28(35)27(19-7-3-1-4-8-19)20-9-5-2-6-10-20/h1-17,27,29H,18H2,(H,32,35). The van der Waals surface area contributed by atoms with Crippen LogP contribution in [0.2, 0.25) is 0 Å². The minimum atomic E-state index is -0.785. The van der Waals surface area contributed by atoms with Crippen LogP contribution in [0.15, 0.2) is 103 Å². The van der Waals surface area contributed by atoms with Gasteiger partial charge in [0.25, 0.3) is 0 Å². The van der Waals surface area contributed by atoms with Gasteiger partial charge in [0, 0.05) is 11.8 Å². The maximum Gasteiger partial charge on any atom is 0.238 e. The second-order valence-electron chi connectivity index (χ2n) is 8.39. The first-order chi connectivity index (χ1) is 17.5. The topological polar surface area (TPSA) is 49.4 Å². The van der Waals surface area contributed by atoms with E-state index in [1.807, 2.05) is 60.7 Å². The number of hydrogen-bond donors (Lipinski definition) is 1. The fourth-order valence-electron chi connectivity index (χ4n) is 4.34. The quantitative estimate of drug-likeness (QED) is 0.328. The third-order valence-corrected chi connectivity index (χ3v) is 7.24. The summed E-state index contributed by atoms with van der Waals surface area (Å²) in [5.74, 6) is -2.19. The van der Waals surface area contributed by atoms with Gasteiger partial charge in [-0.1, -0.05) is 72.8 Å². The molecule has 4 aromatic rings. The van der Waals surface area contributed by atoms with Gasteiger partial charge in [0.15, 0.2) is 0 Å². The highest BCUT2D eigenvalue weighted by Crippen LogP contribution is 2.43. The van der Waals surface area contributed by atoms with Crippen molar-refractivity contribution < 1.29 is 18.4 Å². The van der Waals surface area contributed by atoms with Gasteiger partial charge >= 0.3 is 0 Å². The van der Waals surface area contributed by atoms with Crippen LogP contribution in [0.25, 0.3) is 0 Å². The number of amides is 2. The first-order valence-corrected chi connectivity index (χ1v) is 12.5. The van der Waals surface area contributed by atoms with Crippen LogP contribution < -0.4 is 10.2 Å². The van der Waals surface area contributed by atoms with Crippen LogP contribution >= 0.6 is 11.8 Å². The van der Waals surface area contributed by atoms with Crippen LogP contribution in [0, 0.1) is 11.6 Å². The summed E-state index contributed by atoms with van der Waals surface area (Å²) in [5.41, 5.74) is 3.19. The van der Waals surface area contributed by atoms with E-state index in [9.17, 15) is 18.4 Å². The third kappa shape index (κ3) is 4.88. The van der Waals surface area contributed by atoms with Crippen molar-refractivity contribution in [3.63, 3.8) is 0 Å². The van der Waals surface area contributed by atoms with Crippen LogP contribution in [0.1, 0.15) is 28.0 Å². The molecule has 0 spiro atoms. The van der Waals surface area contributed by atoms with E-state index in [1.165, 1.54) is 22.7 Å². The first-order valence-electron chi connectivity index (χ1n) is 11.4. The lowest BCUT2D eigenvalue weighted by molar-refractivity contribution is -0.117. The molecule has 1 fully saturated rings. The highest BCUT2D eigenvalue weighted by Gasteiger charge is 2.35. The number of nitrogens with one attached hydrogen (secondary N) is 1. The molecule has 0 bridgehead atoms. The Morgan fingerprint density at radius 1 is 0.861 bits per heavy atom. The summed E-state index contributed by atoms with van der Waals surface area (Å²) in [6.07, 6.45) is 0. The number of carbonyl (C=O) groups excluding carboxylic acids is 2. The Morgan fingerprint density at radius 2 is 1.47 bits per heavy atom. The zero-order chi connectivity index (χ0) is 25.1. The number of benzene rings is 4. The highest BCUT2D eigenvalue weighted by molar-refractivity contribution is 8.00. The predicted octanol–water partition coefficient (Wildman–Crippen LogP) is 6.51. The molecule has 1 aliphatic rings. The van der Waals surface area contributed by atoms with E-state index in [0.717, 1.165) is 28.8 Å². The lowest BCUT2D eigenvalue weighted by Gasteiger charge is -2.25. The highest BCUT2D eigenvalue weighted by atomic mass is 32.2. The van der Waals surface area contributed by atoms with Gasteiger partial charge in [0.2, 0.25) is 11.8 Å². The Labute approximate surface area is 212 Å². The lowest BCUT2D eigenvalue weighted by Crippen LogP contribution is -2.28. The van der Waals surface area contributed by atoms with E-state index in [2.05, 4.69) is 5.32 Å². The van der Waals surface area contributed by atoms with Crippen molar-refractivity contribution in [2.24, 2.45) is 0 Å². The summed E-state index contributed by atoms with van der Waals surface area (Å²) in [6.45, 7) is 0. The molecule has 4 nitrogen and oxygen atoms in total. The van der Waals surface area contributed by atoms with Gasteiger partial charge in [-0.2, -0.15) is 0 Å². The molecule has 180 valence electrons. The van der Waals surface area contributed by atoms with E-state index in [-0.39, 0.29) is 23.3 Å². The molecule has 1 unspecified atom stereocenters.